The van der Waals surface area contributed by atoms with Crippen LogP contribution in [0.3, 0.4) is 0 Å². The van der Waals surface area contributed by atoms with Gasteiger partial charge in [-0.3, -0.25) is 14.6 Å². The first-order chi connectivity index (χ1) is 18.8. The second-order valence-electron chi connectivity index (χ2n) is 10.6. The number of fused-ring (bicyclic) bond motifs is 1. The molecule has 4 rings (SSSR count). The number of halogens is 3. The van der Waals surface area contributed by atoms with E-state index in [1.807, 2.05) is 12.1 Å². The van der Waals surface area contributed by atoms with Gasteiger partial charge in [0, 0.05) is 29.6 Å². The maximum absolute atomic E-state index is 13.8. The first-order valence-corrected chi connectivity index (χ1v) is 14.3. The molecule has 6 nitrogen and oxygen atoms in total. The number of piperidine rings is 1. The predicted molar refractivity (Wildman–Crippen MR) is 149 cm³/mol. The van der Waals surface area contributed by atoms with Gasteiger partial charge in [-0.25, -0.2) is 8.78 Å². The zero-order chi connectivity index (χ0) is 27.8. The highest BCUT2D eigenvalue weighted by atomic mass is 35.5. The normalized spacial score (nSPS) is 16.9. The number of likely N-dealkylation sites (tertiary alicyclic amines) is 1. The molecule has 0 radical (unpaired) electrons. The molecule has 1 aromatic carbocycles. The van der Waals surface area contributed by atoms with Crippen molar-refractivity contribution in [2.75, 3.05) is 19.6 Å². The van der Waals surface area contributed by atoms with E-state index in [4.69, 9.17) is 17.3 Å². The number of carbonyl (C=O) groups is 2. The van der Waals surface area contributed by atoms with Crippen molar-refractivity contribution < 1.29 is 18.4 Å². The molecule has 1 aromatic heterocycles. The molecule has 3 N–H and O–H groups in total. The SMILES string of the molecule is N[C@H](CCCCN1CCCCC1)C(=O)N[C@@H](Cc1ccc(F)c(F)c1)C(=O)CCc1cnc2c(c1)C(Cl)=CC2. The van der Waals surface area contributed by atoms with E-state index in [0.29, 0.717) is 29.9 Å². The van der Waals surface area contributed by atoms with Crippen LogP contribution in [0.25, 0.3) is 5.03 Å². The Balaban J connectivity index is 1.34. The summed E-state index contributed by atoms with van der Waals surface area (Å²) in [5.41, 5.74) is 9.24. The van der Waals surface area contributed by atoms with Crippen molar-refractivity contribution in [3.8, 4) is 0 Å². The lowest BCUT2D eigenvalue weighted by molar-refractivity contribution is -0.128. The number of pyridine rings is 1. The van der Waals surface area contributed by atoms with E-state index in [-0.39, 0.29) is 18.6 Å². The van der Waals surface area contributed by atoms with Gasteiger partial charge in [-0.05, 0) is 87.5 Å². The Kier molecular flexibility index (Phi) is 10.6. The van der Waals surface area contributed by atoms with Crippen molar-refractivity contribution in [1.82, 2.24) is 15.2 Å². The molecule has 1 fully saturated rings. The monoisotopic (exact) mass is 558 g/mol. The van der Waals surface area contributed by atoms with Crippen LogP contribution in [0, 0.1) is 11.6 Å². The van der Waals surface area contributed by atoms with Crippen molar-refractivity contribution in [3.63, 3.8) is 0 Å². The number of unbranched alkanes of at least 4 members (excludes halogenated alkanes) is 1. The smallest absolute Gasteiger partial charge is 0.237 e. The van der Waals surface area contributed by atoms with E-state index in [1.54, 1.807) is 6.20 Å². The minimum Gasteiger partial charge on any atom is -0.345 e. The summed E-state index contributed by atoms with van der Waals surface area (Å²) < 4.78 is 27.3. The number of hydrogen-bond donors (Lipinski definition) is 2. The van der Waals surface area contributed by atoms with Crippen LogP contribution in [-0.4, -0.2) is 53.3 Å². The molecule has 1 saturated heterocycles. The van der Waals surface area contributed by atoms with Crippen LogP contribution < -0.4 is 11.1 Å². The summed E-state index contributed by atoms with van der Waals surface area (Å²) in [6.07, 6.45) is 11.0. The highest BCUT2D eigenvalue weighted by molar-refractivity contribution is 6.49. The van der Waals surface area contributed by atoms with Gasteiger partial charge in [0.2, 0.25) is 5.91 Å². The second kappa shape index (κ2) is 14.1. The fourth-order valence-electron chi connectivity index (χ4n) is 5.22. The van der Waals surface area contributed by atoms with E-state index in [1.165, 1.54) is 25.3 Å². The Morgan fingerprint density at radius 3 is 2.64 bits per heavy atom. The summed E-state index contributed by atoms with van der Waals surface area (Å²) in [4.78, 5) is 33.1. The molecule has 0 spiro atoms. The standard InChI is InChI=1S/C30H37ClF2N4O2/c31-23-9-11-27-22(23)16-21(19-35-27)8-12-29(38)28(18-20-7-10-24(32)25(33)17-20)36-30(39)26(34)6-2-5-15-37-13-3-1-4-14-37/h7,9-10,16-17,19,26,28H,1-6,8,11-15,18,34H2,(H,36,39)/t26-,28+/m1/s1. The molecular formula is C30H37ClF2N4O2. The topological polar surface area (TPSA) is 88.3 Å². The molecular weight excluding hydrogens is 522 g/mol. The summed E-state index contributed by atoms with van der Waals surface area (Å²) in [6, 6.07) is 3.78. The van der Waals surface area contributed by atoms with Crippen molar-refractivity contribution in [3.05, 3.63) is 70.6 Å². The number of rotatable bonds is 13. The molecule has 39 heavy (non-hydrogen) atoms. The highest BCUT2D eigenvalue weighted by Gasteiger charge is 2.25. The zero-order valence-electron chi connectivity index (χ0n) is 22.2. The van der Waals surface area contributed by atoms with Gasteiger partial charge in [-0.15, -0.1) is 0 Å². The number of aryl methyl sites for hydroxylation is 1. The third kappa shape index (κ3) is 8.40. The summed E-state index contributed by atoms with van der Waals surface area (Å²) in [5, 5.41) is 3.44. The first-order valence-electron chi connectivity index (χ1n) is 13.9. The fraction of sp³-hybridized carbons (Fsp3) is 0.500. The number of ketones is 1. The molecule has 1 amide bonds. The molecule has 2 aliphatic rings. The largest absolute Gasteiger partial charge is 0.345 e. The van der Waals surface area contributed by atoms with Crippen LogP contribution in [-0.2, 0) is 28.9 Å². The number of amides is 1. The van der Waals surface area contributed by atoms with Gasteiger partial charge < -0.3 is 16.0 Å². The number of nitrogens with two attached hydrogens (primary N) is 1. The van der Waals surface area contributed by atoms with Gasteiger partial charge in [0.15, 0.2) is 17.4 Å². The second-order valence-corrected chi connectivity index (χ2v) is 11.0. The maximum atomic E-state index is 13.8. The van der Waals surface area contributed by atoms with Crippen LogP contribution in [0.15, 0.2) is 36.5 Å². The minimum atomic E-state index is -0.996. The average Bonchev–Trinajstić information content (AvgIpc) is 3.31. The molecule has 2 heterocycles. The Labute approximate surface area is 234 Å². The maximum Gasteiger partial charge on any atom is 0.237 e. The molecule has 1 aliphatic heterocycles. The van der Waals surface area contributed by atoms with Crippen molar-refractivity contribution in [2.45, 2.75) is 76.3 Å². The molecule has 2 aromatic rings. The molecule has 1 aliphatic carbocycles. The number of hydrogen-bond acceptors (Lipinski definition) is 5. The number of aromatic nitrogens is 1. The van der Waals surface area contributed by atoms with Gasteiger partial charge >= 0.3 is 0 Å². The number of carbonyl (C=O) groups excluding carboxylic acids is 2. The fourth-order valence-corrected chi connectivity index (χ4v) is 5.46. The van der Waals surface area contributed by atoms with E-state index in [2.05, 4.69) is 15.2 Å². The van der Waals surface area contributed by atoms with Crippen LogP contribution in [0.5, 0.6) is 0 Å². The van der Waals surface area contributed by atoms with Crippen molar-refractivity contribution in [2.24, 2.45) is 5.73 Å². The lowest BCUT2D eigenvalue weighted by Crippen LogP contribution is -2.49. The number of nitrogens with zero attached hydrogens (tertiary/aromatic N) is 2. The summed E-state index contributed by atoms with van der Waals surface area (Å²) in [5.74, 6) is -2.59. The molecule has 0 saturated carbocycles. The number of nitrogens with one attached hydrogen (secondary N) is 1. The summed E-state index contributed by atoms with van der Waals surface area (Å²) in [6.45, 7) is 3.27. The van der Waals surface area contributed by atoms with Crippen LogP contribution in [0.1, 0.15) is 67.3 Å². The molecule has 2 atom stereocenters. The van der Waals surface area contributed by atoms with Gasteiger partial charge in [-0.1, -0.05) is 36.6 Å². The number of allylic oxidation sites excluding steroid dienone is 1. The average molecular weight is 559 g/mol. The van der Waals surface area contributed by atoms with Crippen molar-refractivity contribution >= 4 is 28.3 Å². The lowest BCUT2D eigenvalue weighted by Gasteiger charge is -2.26. The van der Waals surface area contributed by atoms with E-state index >= 15 is 0 Å². The number of Topliss-reactive ketones (excluding diaryl/α,β-unsaturated/α-hetero) is 1. The van der Waals surface area contributed by atoms with E-state index in [0.717, 1.165) is 61.4 Å². The third-order valence-corrected chi connectivity index (χ3v) is 7.93. The first kappa shape index (κ1) is 29.3. The zero-order valence-corrected chi connectivity index (χ0v) is 23.0. The van der Waals surface area contributed by atoms with Crippen molar-refractivity contribution in [1.29, 1.82) is 0 Å². The van der Waals surface area contributed by atoms with Crippen LogP contribution >= 0.6 is 11.6 Å². The van der Waals surface area contributed by atoms with Crippen LogP contribution in [0.2, 0.25) is 0 Å². The summed E-state index contributed by atoms with van der Waals surface area (Å²) in [7, 11) is 0. The lowest BCUT2D eigenvalue weighted by atomic mass is 9.97. The molecule has 210 valence electrons. The van der Waals surface area contributed by atoms with Gasteiger partial charge in [-0.2, -0.15) is 0 Å². The Hall–Kier alpha value is -2.68. The van der Waals surface area contributed by atoms with E-state index in [9.17, 15) is 18.4 Å². The predicted octanol–water partition coefficient (Wildman–Crippen LogP) is 4.71. The Morgan fingerprint density at radius 2 is 1.87 bits per heavy atom. The highest BCUT2D eigenvalue weighted by Crippen LogP contribution is 2.29. The third-order valence-electron chi connectivity index (χ3n) is 7.57. The molecule has 0 bridgehead atoms. The molecule has 0 unspecified atom stereocenters. The summed E-state index contributed by atoms with van der Waals surface area (Å²) >= 11 is 6.25. The van der Waals surface area contributed by atoms with Gasteiger partial charge in [0.05, 0.1) is 17.8 Å². The van der Waals surface area contributed by atoms with Gasteiger partial charge in [0.1, 0.15) is 0 Å². The molecule has 9 heteroatoms. The van der Waals surface area contributed by atoms with Crippen LogP contribution in [0.4, 0.5) is 8.78 Å². The Morgan fingerprint density at radius 1 is 1.08 bits per heavy atom. The van der Waals surface area contributed by atoms with Gasteiger partial charge in [0.25, 0.3) is 0 Å². The number of benzene rings is 1. The Bertz CT molecular complexity index is 1200. The van der Waals surface area contributed by atoms with E-state index < -0.39 is 29.6 Å². The quantitative estimate of drug-likeness (QED) is 0.348. The minimum absolute atomic E-state index is 0.0421.